The average Bonchev–Trinajstić information content (AvgIpc) is 2.65. The first-order chi connectivity index (χ1) is 12.6. The summed E-state index contributed by atoms with van der Waals surface area (Å²) in [7, 11) is 0. The van der Waals surface area contributed by atoms with E-state index in [2.05, 4.69) is 46.2 Å². The molecule has 138 valence electrons. The molecule has 0 unspecified atom stereocenters. The van der Waals surface area contributed by atoms with Crippen LogP contribution in [0.1, 0.15) is 18.1 Å². The van der Waals surface area contributed by atoms with Crippen LogP contribution in [0.3, 0.4) is 0 Å². The minimum atomic E-state index is -0.243. The maximum absolute atomic E-state index is 11.8. The highest BCUT2D eigenvalue weighted by atomic mass is 16.6. The van der Waals surface area contributed by atoms with Crippen molar-refractivity contribution < 1.29 is 9.53 Å². The van der Waals surface area contributed by atoms with Crippen LogP contribution in [0.5, 0.6) is 0 Å². The monoisotopic (exact) mass is 355 g/mol. The van der Waals surface area contributed by atoms with E-state index < -0.39 is 0 Å². The molecule has 7 heteroatoms. The van der Waals surface area contributed by atoms with Crippen LogP contribution in [-0.4, -0.2) is 53.7 Å². The highest BCUT2D eigenvalue weighted by Gasteiger charge is 2.22. The number of aromatic nitrogens is 2. The van der Waals surface area contributed by atoms with Gasteiger partial charge in [-0.15, -0.1) is 0 Å². The predicted octanol–water partition coefficient (Wildman–Crippen LogP) is 3.12. The molecule has 7 nitrogen and oxygen atoms in total. The third-order valence-electron chi connectivity index (χ3n) is 4.40. The second-order valence-electron chi connectivity index (χ2n) is 6.35. The Morgan fingerprint density at radius 3 is 2.65 bits per heavy atom. The topological polar surface area (TPSA) is 70.6 Å². The van der Waals surface area contributed by atoms with E-state index in [1.165, 1.54) is 5.56 Å². The molecule has 0 spiro atoms. The van der Waals surface area contributed by atoms with Crippen LogP contribution in [0.2, 0.25) is 0 Å². The molecule has 1 aliphatic rings. The molecule has 1 aromatic heterocycles. The molecule has 1 saturated heterocycles. The van der Waals surface area contributed by atoms with Crippen molar-refractivity contribution in [2.24, 2.45) is 0 Å². The maximum Gasteiger partial charge on any atom is 0.409 e. The Morgan fingerprint density at radius 1 is 1.19 bits per heavy atom. The van der Waals surface area contributed by atoms with E-state index in [-0.39, 0.29) is 6.09 Å². The van der Waals surface area contributed by atoms with Gasteiger partial charge in [0.15, 0.2) is 0 Å². The minimum absolute atomic E-state index is 0.243. The van der Waals surface area contributed by atoms with Crippen molar-refractivity contribution in [1.29, 1.82) is 0 Å². The van der Waals surface area contributed by atoms with Gasteiger partial charge in [-0.3, -0.25) is 0 Å². The van der Waals surface area contributed by atoms with Crippen molar-refractivity contribution in [2.75, 3.05) is 43.0 Å². The standard InChI is InChI=1S/C19H25N5O2/c1-4-26-19(25)24-11-9-23(10-12-24)17-7-8-20-18(22-17)21-16-6-5-14(2)13-15(16)3/h5-8,13H,4,9-12H2,1-3H3,(H,20,21,22). The summed E-state index contributed by atoms with van der Waals surface area (Å²) in [6, 6.07) is 8.13. The van der Waals surface area contributed by atoms with Gasteiger partial charge in [0.25, 0.3) is 0 Å². The van der Waals surface area contributed by atoms with Gasteiger partial charge in [-0.1, -0.05) is 17.7 Å². The Bertz CT molecular complexity index is 772. The van der Waals surface area contributed by atoms with Crippen LogP contribution < -0.4 is 10.2 Å². The molecule has 26 heavy (non-hydrogen) atoms. The highest BCUT2D eigenvalue weighted by Crippen LogP contribution is 2.21. The largest absolute Gasteiger partial charge is 0.450 e. The van der Waals surface area contributed by atoms with Gasteiger partial charge in [-0.2, -0.15) is 4.98 Å². The molecule has 2 heterocycles. The first-order valence-electron chi connectivity index (χ1n) is 8.91. The number of carbonyl (C=O) groups is 1. The predicted molar refractivity (Wildman–Crippen MR) is 102 cm³/mol. The molecule has 0 aliphatic carbocycles. The Hall–Kier alpha value is -2.83. The highest BCUT2D eigenvalue weighted by molar-refractivity contribution is 5.68. The minimum Gasteiger partial charge on any atom is -0.450 e. The molecule has 0 radical (unpaired) electrons. The summed E-state index contributed by atoms with van der Waals surface area (Å²) in [5.41, 5.74) is 3.38. The van der Waals surface area contributed by atoms with Crippen LogP contribution in [-0.2, 0) is 4.74 Å². The van der Waals surface area contributed by atoms with Gasteiger partial charge in [0.2, 0.25) is 5.95 Å². The van der Waals surface area contributed by atoms with Crippen LogP contribution in [0.4, 0.5) is 22.2 Å². The number of piperazine rings is 1. The Labute approximate surface area is 154 Å². The molecule has 0 atom stereocenters. The summed E-state index contributed by atoms with van der Waals surface area (Å²) in [4.78, 5) is 24.7. The molecule has 1 fully saturated rings. The zero-order valence-electron chi connectivity index (χ0n) is 15.5. The van der Waals surface area contributed by atoms with E-state index in [9.17, 15) is 4.79 Å². The number of amides is 1. The number of rotatable bonds is 4. The number of nitrogens with one attached hydrogen (secondary N) is 1. The average molecular weight is 355 g/mol. The molecule has 1 amide bonds. The van der Waals surface area contributed by atoms with Gasteiger partial charge in [-0.25, -0.2) is 9.78 Å². The lowest BCUT2D eigenvalue weighted by Crippen LogP contribution is -2.49. The molecule has 1 aromatic carbocycles. The van der Waals surface area contributed by atoms with Gasteiger partial charge >= 0.3 is 6.09 Å². The van der Waals surface area contributed by atoms with Crippen molar-refractivity contribution in [1.82, 2.24) is 14.9 Å². The number of anilines is 3. The second kappa shape index (κ2) is 8.03. The van der Waals surface area contributed by atoms with Gasteiger partial charge in [0, 0.05) is 38.1 Å². The Kier molecular flexibility index (Phi) is 5.55. The summed E-state index contributed by atoms with van der Waals surface area (Å²) < 4.78 is 5.06. The number of carbonyl (C=O) groups excluding carboxylic acids is 1. The number of hydrogen-bond acceptors (Lipinski definition) is 6. The molecule has 1 N–H and O–H groups in total. The van der Waals surface area contributed by atoms with E-state index in [4.69, 9.17) is 4.74 Å². The van der Waals surface area contributed by atoms with Crippen molar-refractivity contribution in [3.05, 3.63) is 41.6 Å². The molecule has 3 rings (SSSR count). The van der Waals surface area contributed by atoms with Gasteiger partial charge < -0.3 is 19.9 Å². The fourth-order valence-electron chi connectivity index (χ4n) is 2.99. The Balaban J connectivity index is 1.65. The van der Waals surface area contributed by atoms with Gasteiger partial charge in [0.1, 0.15) is 5.82 Å². The van der Waals surface area contributed by atoms with Crippen molar-refractivity contribution in [3.63, 3.8) is 0 Å². The number of nitrogens with zero attached hydrogens (tertiary/aromatic N) is 4. The molecular formula is C19H25N5O2. The number of ether oxygens (including phenoxy) is 1. The van der Waals surface area contributed by atoms with Crippen LogP contribution in [0.25, 0.3) is 0 Å². The van der Waals surface area contributed by atoms with Crippen molar-refractivity contribution in [3.8, 4) is 0 Å². The first kappa shape index (κ1) is 18.0. The van der Waals surface area contributed by atoms with Crippen LogP contribution >= 0.6 is 0 Å². The van der Waals surface area contributed by atoms with E-state index in [0.717, 1.165) is 30.2 Å². The molecule has 0 saturated carbocycles. The fourth-order valence-corrected chi connectivity index (χ4v) is 2.99. The van der Waals surface area contributed by atoms with E-state index >= 15 is 0 Å². The SMILES string of the molecule is CCOC(=O)N1CCN(c2ccnc(Nc3ccc(C)cc3C)n2)CC1. The summed E-state index contributed by atoms with van der Waals surface area (Å²) in [5, 5.41) is 3.29. The third-order valence-corrected chi connectivity index (χ3v) is 4.40. The van der Waals surface area contributed by atoms with Crippen molar-refractivity contribution in [2.45, 2.75) is 20.8 Å². The lowest BCUT2D eigenvalue weighted by Gasteiger charge is -2.34. The molecular weight excluding hydrogens is 330 g/mol. The first-order valence-corrected chi connectivity index (χ1v) is 8.91. The van der Waals surface area contributed by atoms with Crippen molar-refractivity contribution >= 4 is 23.5 Å². The number of hydrogen-bond donors (Lipinski definition) is 1. The molecule has 1 aliphatic heterocycles. The zero-order chi connectivity index (χ0) is 18.5. The Morgan fingerprint density at radius 2 is 1.96 bits per heavy atom. The van der Waals surface area contributed by atoms with E-state index in [1.807, 2.05) is 19.1 Å². The van der Waals surface area contributed by atoms with Crippen LogP contribution in [0.15, 0.2) is 30.5 Å². The number of benzene rings is 1. The lowest BCUT2D eigenvalue weighted by molar-refractivity contribution is 0.105. The van der Waals surface area contributed by atoms with Gasteiger partial charge in [-0.05, 0) is 38.5 Å². The normalized spacial score (nSPS) is 14.3. The van der Waals surface area contributed by atoms with Gasteiger partial charge in [0.05, 0.1) is 6.61 Å². The summed E-state index contributed by atoms with van der Waals surface area (Å²) in [6.45, 7) is 9.05. The fraction of sp³-hybridized carbons (Fsp3) is 0.421. The maximum atomic E-state index is 11.8. The number of aryl methyl sites for hydroxylation is 2. The second-order valence-corrected chi connectivity index (χ2v) is 6.35. The summed E-state index contributed by atoms with van der Waals surface area (Å²) >= 11 is 0. The van der Waals surface area contributed by atoms with E-state index in [1.54, 1.807) is 11.1 Å². The molecule has 0 bridgehead atoms. The quantitative estimate of drug-likeness (QED) is 0.909. The smallest absolute Gasteiger partial charge is 0.409 e. The summed E-state index contributed by atoms with van der Waals surface area (Å²) in [5.74, 6) is 1.43. The third kappa shape index (κ3) is 4.22. The molecule has 2 aromatic rings. The van der Waals surface area contributed by atoms with E-state index in [0.29, 0.717) is 25.6 Å². The lowest BCUT2D eigenvalue weighted by atomic mass is 10.1. The van der Waals surface area contributed by atoms with Crippen LogP contribution in [0, 0.1) is 13.8 Å². The zero-order valence-corrected chi connectivity index (χ0v) is 15.5. The summed E-state index contributed by atoms with van der Waals surface area (Å²) in [6.07, 6.45) is 1.51.